The third kappa shape index (κ3) is 3.90. The van der Waals surface area contributed by atoms with Crippen molar-refractivity contribution in [2.24, 2.45) is 0 Å². The van der Waals surface area contributed by atoms with E-state index in [0.717, 1.165) is 30.2 Å². The summed E-state index contributed by atoms with van der Waals surface area (Å²) in [4.78, 5) is 4.50. The van der Waals surface area contributed by atoms with E-state index < -0.39 is 0 Å². The fraction of sp³-hybridized carbons (Fsp3) is 0.400. The molecule has 0 atom stereocenters. The number of halogens is 2. The van der Waals surface area contributed by atoms with Gasteiger partial charge in [0.1, 0.15) is 0 Å². The predicted octanol–water partition coefficient (Wildman–Crippen LogP) is 4.56. The number of nitrogens with zero attached hydrogens (tertiary/aromatic N) is 2. The van der Waals surface area contributed by atoms with E-state index in [1.165, 1.54) is 0 Å². The molecule has 2 aromatic rings. The molecule has 1 N–H and O–H groups in total. The van der Waals surface area contributed by atoms with Gasteiger partial charge in [0.25, 0.3) is 0 Å². The normalized spacial score (nSPS) is 11.1. The standard InChI is InChI=1S/C15H19Cl2N3/c1-10(2)18-15-19-11(3)9-20(15)7-6-12-4-5-13(16)8-14(12)17/h4-5,8-10H,6-7H2,1-3H3,(H,18,19). The molecule has 0 saturated carbocycles. The van der Waals surface area contributed by atoms with Gasteiger partial charge in [-0.1, -0.05) is 29.3 Å². The van der Waals surface area contributed by atoms with E-state index in [0.29, 0.717) is 16.1 Å². The molecule has 0 saturated heterocycles. The minimum absolute atomic E-state index is 0.356. The van der Waals surface area contributed by atoms with Crippen LogP contribution >= 0.6 is 23.2 Å². The van der Waals surface area contributed by atoms with Gasteiger partial charge < -0.3 is 9.88 Å². The van der Waals surface area contributed by atoms with Crippen LogP contribution in [-0.2, 0) is 13.0 Å². The summed E-state index contributed by atoms with van der Waals surface area (Å²) in [5.74, 6) is 0.905. The number of hydrogen-bond acceptors (Lipinski definition) is 2. The molecule has 1 aromatic carbocycles. The van der Waals surface area contributed by atoms with E-state index >= 15 is 0 Å². The number of hydrogen-bond donors (Lipinski definition) is 1. The van der Waals surface area contributed by atoms with Crippen molar-refractivity contribution in [1.82, 2.24) is 9.55 Å². The molecule has 1 heterocycles. The van der Waals surface area contributed by atoms with Gasteiger partial charge in [0, 0.05) is 28.8 Å². The van der Waals surface area contributed by atoms with Crippen molar-refractivity contribution in [2.45, 2.75) is 39.8 Å². The van der Waals surface area contributed by atoms with Crippen molar-refractivity contribution in [1.29, 1.82) is 0 Å². The highest BCUT2D eigenvalue weighted by molar-refractivity contribution is 6.35. The highest BCUT2D eigenvalue weighted by Gasteiger charge is 2.08. The Hall–Kier alpha value is -1.19. The highest BCUT2D eigenvalue weighted by Crippen LogP contribution is 2.22. The Bertz CT molecular complexity index is 591. The van der Waals surface area contributed by atoms with Gasteiger partial charge in [-0.05, 0) is 44.9 Å². The second kappa shape index (κ2) is 6.51. The average molecular weight is 312 g/mol. The monoisotopic (exact) mass is 311 g/mol. The van der Waals surface area contributed by atoms with Crippen LogP contribution in [0.4, 0.5) is 5.95 Å². The number of benzene rings is 1. The van der Waals surface area contributed by atoms with E-state index in [9.17, 15) is 0 Å². The third-order valence-corrected chi connectivity index (χ3v) is 3.54. The first kappa shape index (κ1) is 15.2. The number of aromatic nitrogens is 2. The number of anilines is 1. The fourth-order valence-electron chi connectivity index (χ4n) is 2.06. The number of imidazole rings is 1. The topological polar surface area (TPSA) is 29.9 Å². The van der Waals surface area contributed by atoms with Crippen molar-refractivity contribution in [3.63, 3.8) is 0 Å². The van der Waals surface area contributed by atoms with E-state index in [2.05, 4.69) is 34.9 Å². The number of nitrogens with one attached hydrogen (secondary N) is 1. The predicted molar refractivity (Wildman–Crippen MR) is 85.9 cm³/mol. The molecular weight excluding hydrogens is 293 g/mol. The van der Waals surface area contributed by atoms with Crippen molar-refractivity contribution < 1.29 is 0 Å². The average Bonchev–Trinajstić information content (AvgIpc) is 2.67. The Morgan fingerprint density at radius 3 is 2.70 bits per heavy atom. The first-order chi connectivity index (χ1) is 9.45. The summed E-state index contributed by atoms with van der Waals surface area (Å²) in [6.07, 6.45) is 2.90. The summed E-state index contributed by atoms with van der Waals surface area (Å²) in [5.41, 5.74) is 2.10. The minimum atomic E-state index is 0.356. The van der Waals surface area contributed by atoms with Crippen LogP contribution in [0.5, 0.6) is 0 Å². The van der Waals surface area contributed by atoms with Gasteiger partial charge >= 0.3 is 0 Å². The van der Waals surface area contributed by atoms with Crippen LogP contribution < -0.4 is 5.32 Å². The second-order valence-corrected chi connectivity index (χ2v) is 6.03. The van der Waals surface area contributed by atoms with Crippen LogP contribution in [0.2, 0.25) is 10.0 Å². The molecule has 3 nitrogen and oxygen atoms in total. The Labute approximate surface area is 129 Å². The lowest BCUT2D eigenvalue weighted by Gasteiger charge is -2.12. The minimum Gasteiger partial charge on any atom is -0.353 e. The third-order valence-electron chi connectivity index (χ3n) is 2.95. The molecule has 0 radical (unpaired) electrons. The van der Waals surface area contributed by atoms with Gasteiger partial charge in [-0.2, -0.15) is 0 Å². The molecule has 5 heteroatoms. The van der Waals surface area contributed by atoms with Gasteiger partial charge in [0.15, 0.2) is 0 Å². The van der Waals surface area contributed by atoms with Crippen molar-refractivity contribution in [3.8, 4) is 0 Å². The molecule has 0 aliphatic heterocycles. The Morgan fingerprint density at radius 2 is 2.05 bits per heavy atom. The molecule has 0 aliphatic rings. The lowest BCUT2D eigenvalue weighted by Crippen LogP contribution is -2.15. The van der Waals surface area contributed by atoms with Crippen molar-refractivity contribution in [2.75, 3.05) is 5.32 Å². The zero-order valence-corrected chi connectivity index (χ0v) is 13.5. The quantitative estimate of drug-likeness (QED) is 0.877. The van der Waals surface area contributed by atoms with Crippen LogP contribution in [0.3, 0.4) is 0 Å². The molecule has 0 amide bonds. The van der Waals surface area contributed by atoms with Crippen molar-refractivity contribution in [3.05, 3.63) is 45.7 Å². The van der Waals surface area contributed by atoms with E-state index in [4.69, 9.17) is 23.2 Å². The Morgan fingerprint density at radius 1 is 1.30 bits per heavy atom. The Balaban J connectivity index is 2.10. The highest BCUT2D eigenvalue weighted by atomic mass is 35.5. The maximum absolute atomic E-state index is 6.20. The summed E-state index contributed by atoms with van der Waals surface area (Å²) in [5, 5.41) is 4.73. The first-order valence-electron chi connectivity index (χ1n) is 6.70. The molecule has 0 bridgehead atoms. The fourth-order valence-corrected chi connectivity index (χ4v) is 2.56. The van der Waals surface area contributed by atoms with Crippen molar-refractivity contribution >= 4 is 29.2 Å². The Kier molecular flexibility index (Phi) is 4.95. The van der Waals surface area contributed by atoms with Gasteiger partial charge in [-0.25, -0.2) is 4.98 Å². The lowest BCUT2D eigenvalue weighted by molar-refractivity contribution is 0.691. The van der Waals surface area contributed by atoms with Crippen LogP contribution in [0.25, 0.3) is 0 Å². The summed E-state index contributed by atoms with van der Waals surface area (Å²) in [7, 11) is 0. The van der Waals surface area contributed by atoms with Gasteiger partial charge in [0.2, 0.25) is 5.95 Å². The maximum Gasteiger partial charge on any atom is 0.203 e. The van der Waals surface area contributed by atoms with Crippen LogP contribution in [-0.4, -0.2) is 15.6 Å². The second-order valence-electron chi connectivity index (χ2n) is 5.18. The molecule has 1 aromatic heterocycles. The molecule has 0 unspecified atom stereocenters. The molecule has 0 aliphatic carbocycles. The van der Waals surface area contributed by atoms with E-state index in [1.54, 1.807) is 6.07 Å². The van der Waals surface area contributed by atoms with E-state index in [1.807, 2.05) is 19.1 Å². The van der Waals surface area contributed by atoms with Gasteiger partial charge in [0.05, 0.1) is 5.69 Å². The van der Waals surface area contributed by atoms with E-state index in [-0.39, 0.29) is 0 Å². The molecule has 0 spiro atoms. The smallest absolute Gasteiger partial charge is 0.203 e. The largest absolute Gasteiger partial charge is 0.353 e. The zero-order chi connectivity index (χ0) is 14.7. The zero-order valence-electron chi connectivity index (χ0n) is 12.0. The number of rotatable bonds is 5. The molecule has 2 rings (SSSR count). The summed E-state index contributed by atoms with van der Waals surface area (Å²) in [6.45, 7) is 7.03. The summed E-state index contributed by atoms with van der Waals surface area (Å²) < 4.78 is 2.13. The first-order valence-corrected chi connectivity index (χ1v) is 7.45. The summed E-state index contributed by atoms with van der Waals surface area (Å²) >= 11 is 12.1. The summed E-state index contributed by atoms with van der Waals surface area (Å²) in [6, 6.07) is 5.99. The SMILES string of the molecule is Cc1cn(CCc2ccc(Cl)cc2Cl)c(NC(C)C)n1. The van der Waals surface area contributed by atoms with Crippen LogP contribution in [0.1, 0.15) is 25.1 Å². The molecule has 20 heavy (non-hydrogen) atoms. The lowest BCUT2D eigenvalue weighted by atomic mass is 10.1. The van der Waals surface area contributed by atoms with Crippen LogP contribution in [0, 0.1) is 6.92 Å². The molecule has 0 fully saturated rings. The molecule has 108 valence electrons. The van der Waals surface area contributed by atoms with Crippen LogP contribution in [0.15, 0.2) is 24.4 Å². The maximum atomic E-state index is 6.20. The van der Waals surface area contributed by atoms with Gasteiger partial charge in [-0.3, -0.25) is 0 Å². The number of aryl methyl sites for hydroxylation is 3. The van der Waals surface area contributed by atoms with Gasteiger partial charge in [-0.15, -0.1) is 0 Å². The molecular formula is C15H19Cl2N3.